The average molecular weight is 412 g/mol. The second kappa shape index (κ2) is 10.5. The maximum absolute atomic E-state index is 12.4. The molecule has 1 heterocycles. The van der Waals surface area contributed by atoms with Crippen molar-refractivity contribution >= 4 is 17.6 Å². The molecule has 0 N–H and O–H groups in total. The summed E-state index contributed by atoms with van der Waals surface area (Å²) in [6, 6.07) is 15.4. The molecule has 2 aromatic carbocycles. The number of para-hydroxylation sites is 2. The molecule has 1 aliphatic heterocycles. The van der Waals surface area contributed by atoms with Crippen LogP contribution >= 0.6 is 0 Å². The summed E-state index contributed by atoms with van der Waals surface area (Å²) < 4.78 is 16.0. The first-order chi connectivity index (χ1) is 14.6. The van der Waals surface area contributed by atoms with Gasteiger partial charge in [0.15, 0.2) is 6.61 Å². The molecule has 0 bridgehead atoms. The Morgan fingerprint density at radius 1 is 0.967 bits per heavy atom. The number of esters is 1. The number of rotatable bonds is 8. The predicted octanol–water partition coefficient (Wildman–Crippen LogP) is 2.66. The van der Waals surface area contributed by atoms with Crippen molar-refractivity contribution in [1.29, 1.82) is 0 Å². The van der Waals surface area contributed by atoms with Gasteiger partial charge in [0.2, 0.25) is 0 Å². The Bertz CT molecular complexity index is 845. The van der Waals surface area contributed by atoms with Crippen LogP contribution in [0.2, 0.25) is 0 Å². The SMILES string of the molecule is COc1ccccc1N1CCN(C(=O)COC(=O)CCOc2ccc(C)cc2)CC1. The van der Waals surface area contributed by atoms with E-state index in [0.29, 0.717) is 31.9 Å². The molecule has 1 saturated heterocycles. The van der Waals surface area contributed by atoms with Gasteiger partial charge < -0.3 is 24.0 Å². The van der Waals surface area contributed by atoms with Crippen molar-refractivity contribution in [3.05, 3.63) is 54.1 Å². The summed E-state index contributed by atoms with van der Waals surface area (Å²) in [5.41, 5.74) is 2.16. The zero-order valence-corrected chi connectivity index (χ0v) is 17.5. The number of amides is 1. The Balaban J connectivity index is 1.36. The zero-order chi connectivity index (χ0) is 21.3. The molecular weight excluding hydrogens is 384 g/mol. The van der Waals surface area contributed by atoms with Gasteiger partial charge in [0.05, 0.1) is 25.8 Å². The maximum Gasteiger partial charge on any atom is 0.309 e. The fourth-order valence-electron chi connectivity index (χ4n) is 3.28. The second-order valence-electron chi connectivity index (χ2n) is 7.11. The molecule has 0 radical (unpaired) electrons. The van der Waals surface area contributed by atoms with Gasteiger partial charge in [-0.05, 0) is 31.2 Å². The molecule has 0 saturated carbocycles. The van der Waals surface area contributed by atoms with Crippen LogP contribution in [-0.2, 0) is 14.3 Å². The summed E-state index contributed by atoms with van der Waals surface area (Å²) in [5.74, 6) is 0.905. The van der Waals surface area contributed by atoms with Crippen LogP contribution in [0.15, 0.2) is 48.5 Å². The predicted molar refractivity (Wildman–Crippen MR) is 114 cm³/mol. The number of carbonyl (C=O) groups excluding carboxylic acids is 2. The molecule has 7 nitrogen and oxygen atoms in total. The van der Waals surface area contributed by atoms with Gasteiger partial charge >= 0.3 is 5.97 Å². The topological polar surface area (TPSA) is 68.3 Å². The van der Waals surface area contributed by atoms with Crippen molar-refractivity contribution in [2.75, 3.05) is 51.4 Å². The highest BCUT2D eigenvalue weighted by atomic mass is 16.5. The third-order valence-electron chi connectivity index (χ3n) is 5.01. The van der Waals surface area contributed by atoms with E-state index in [1.165, 1.54) is 0 Å². The number of benzene rings is 2. The van der Waals surface area contributed by atoms with E-state index in [0.717, 1.165) is 17.0 Å². The van der Waals surface area contributed by atoms with Crippen LogP contribution < -0.4 is 14.4 Å². The molecule has 0 spiro atoms. The van der Waals surface area contributed by atoms with Crippen LogP contribution in [-0.4, -0.2) is 63.3 Å². The summed E-state index contributed by atoms with van der Waals surface area (Å²) in [4.78, 5) is 28.2. The van der Waals surface area contributed by atoms with Crippen molar-refractivity contribution in [2.45, 2.75) is 13.3 Å². The molecule has 160 valence electrons. The monoisotopic (exact) mass is 412 g/mol. The van der Waals surface area contributed by atoms with Crippen LogP contribution in [0.1, 0.15) is 12.0 Å². The molecule has 0 unspecified atom stereocenters. The van der Waals surface area contributed by atoms with E-state index in [9.17, 15) is 9.59 Å². The minimum Gasteiger partial charge on any atom is -0.495 e. The minimum absolute atomic E-state index is 0.0999. The molecule has 1 amide bonds. The van der Waals surface area contributed by atoms with Crippen molar-refractivity contribution in [3.8, 4) is 11.5 Å². The van der Waals surface area contributed by atoms with Gasteiger partial charge in [-0.25, -0.2) is 0 Å². The highest BCUT2D eigenvalue weighted by Gasteiger charge is 2.23. The van der Waals surface area contributed by atoms with E-state index < -0.39 is 5.97 Å². The number of ether oxygens (including phenoxy) is 3. The number of hydrogen-bond acceptors (Lipinski definition) is 6. The first-order valence-electron chi connectivity index (χ1n) is 10.1. The third-order valence-corrected chi connectivity index (χ3v) is 5.01. The van der Waals surface area contributed by atoms with Gasteiger partial charge in [0, 0.05) is 26.2 Å². The van der Waals surface area contributed by atoms with Crippen LogP contribution in [0.3, 0.4) is 0 Å². The smallest absolute Gasteiger partial charge is 0.309 e. The molecule has 7 heteroatoms. The Labute approximate surface area is 177 Å². The lowest BCUT2D eigenvalue weighted by atomic mass is 10.2. The molecule has 3 rings (SSSR count). The lowest BCUT2D eigenvalue weighted by Crippen LogP contribution is -2.50. The van der Waals surface area contributed by atoms with Gasteiger partial charge in [0.1, 0.15) is 11.5 Å². The van der Waals surface area contributed by atoms with Crippen molar-refractivity contribution in [1.82, 2.24) is 4.90 Å². The number of hydrogen-bond donors (Lipinski definition) is 0. The first-order valence-corrected chi connectivity index (χ1v) is 10.1. The van der Waals surface area contributed by atoms with Crippen LogP contribution in [0, 0.1) is 6.92 Å². The zero-order valence-electron chi connectivity index (χ0n) is 17.5. The fourth-order valence-corrected chi connectivity index (χ4v) is 3.28. The lowest BCUT2D eigenvalue weighted by Gasteiger charge is -2.36. The average Bonchev–Trinajstić information content (AvgIpc) is 2.79. The minimum atomic E-state index is -0.442. The standard InChI is InChI=1S/C23H28N2O5/c1-18-7-9-19(10-8-18)29-16-11-23(27)30-17-22(26)25-14-12-24(13-15-25)20-5-3-4-6-21(20)28-2/h3-10H,11-17H2,1-2H3. The maximum atomic E-state index is 12.4. The molecular formula is C23H28N2O5. The van der Waals surface area contributed by atoms with Gasteiger partial charge in [-0.2, -0.15) is 0 Å². The number of nitrogens with zero attached hydrogens (tertiary/aromatic N) is 2. The largest absolute Gasteiger partial charge is 0.495 e. The number of carbonyl (C=O) groups is 2. The summed E-state index contributed by atoms with van der Waals surface area (Å²) in [7, 11) is 1.65. The fraction of sp³-hybridized carbons (Fsp3) is 0.391. The van der Waals surface area contributed by atoms with Gasteiger partial charge in [-0.3, -0.25) is 9.59 Å². The number of aryl methyl sites for hydroxylation is 1. The summed E-state index contributed by atoms with van der Waals surface area (Å²) in [6.07, 6.45) is 0.0999. The van der Waals surface area contributed by atoms with E-state index >= 15 is 0 Å². The summed E-state index contributed by atoms with van der Waals surface area (Å²) in [6.45, 7) is 4.52. The first kappa shape index (κ1) is 21.5. The van der Waals surface area contributed by atoms with Gasteiger partial charge in [0.25, 0.3) is 5.91 Å². The van der Waals surface area contributed by atoms with E-state index in [4.69, 9.17) is 14.2 Å². The van der Waals surface area contributed by atoms with Crippen LogP contribution in [0.4, 0.5) is 5.69 Å². The Morgan fingerprint density at radius 2 is 1.67 bits per heavy atom. The molecule has 2 aromatic rings. The van der Waals surface area contributed by atoms with E-state index in [1.807, 2.05) is 55.5 Å². The van der Waals surface area contributed by atoms with Gasteiger partial charge in [-0.1, -0.05) is 29.8 Å². The molecule has 0 aliphatic carbocycles. The highest BCUT2D eigenvalue weighted by molar-refractivity contribution is 5.81. The molecule has 1 aliphatic rings. The third kappa shape index (κ3) is 5.89. The molecule has 0 atom stereocenters. The normalized spacial score (nSPS) is 13.7. The van der Waals surface area contributed by atoms with Crippen molar-refractivity contribution in [2.24, 2.45) is 0 Å². The van der Waals surface area contributed by atoms with Crippen LogP contribution in [0.25, 0.3) is 0 Å². The quantitative estimate of drug-likeness (QED) is 0.621. The second-order valence-corrected chi connectivity index (χ2v) is 7.11. The molecule has 30 heavy (non-hydrogen) atoms. The molecule has 0 aromatic heterocycles. The van der Waals surface area contributed by atoms with E-state index in [1.54, 1.807) is 12.0 Å². The van der Waals surface area contributed by atoms with Crippen molar-refractivity contribution < 1.29 is 23.8 Å². The van der Waals surface area contributed by atoms with Crippen molar-refractivity contribution in [3.63, 3.8) is 0 Å². The highest BCUT2D eigenvalue weighted by Crippen LogP contribution is 2.28. The Morgan fingerprint density at radius 3 is 2.37 bits per heavy atom. The van der Waals surface area contributed by atoms with E-state index in [-0.39, 0.29) is 25.5 Å². The van der Waals surface area contributed by atoms with Gasteiger partial charge in [-0.15, -0.1) is 0 Å². The van der Waals surface area contributed by atoms with E-state index in [2.05, 4.69) is 4.90 Å². The molecule has 1 fully saturated rings. The summed E-state index contributed by atoms with van der Waals surface area (Å²) in [5, 5.41) is 0. The lowest BCUT2D eigenvalue weighted by molar-refractivity contribution is -0.152. The number of methoxy groups -OCH3 is 1. The number of anilines is 1. The van der Waals surface area contributed by atoms with Crippen LogP contribution in [0.5, 0.6) is 11.5 Å². The Hall–Kier alpha value is -3.22. The Kier molecular flexibility index (Phi) is 7.54. The summed E-state index contributed by atoms with van der Waals surface area (Å²) >= 11 is 0. The number of piperazine rings is 1.